The molecular formula is C6H11ClN4O2. The lowest BCUT2D eigenvalue weighted by Crippen LogP contribution is -2.16. The summed E-state index contributed by atoms with van der Waals surface area (Å²) in [5, 5.41) is 6.31. The maximum absolute atomic E-state index is 10.8. The van der Waals surface area contributed by atoms with E-state index in [0.717, 1.165) is 0 Å². The second-order valence-electron chi connectivity index (χ2n) is 1.43. The molecule has 0 aliphatic carbocycles. The summed E-state index contributed by atoms with van der Waals surface area (Å²) in [5.41, 5.74) is -0.999. The molecule has 0 atom stereocenters. The van der Waals surface area contributed by atoms with Crippen LogP contribution in [0, 0.1) is 0 Å². The number of nitrogens with zero attached hydrogens (tertiary/aromatic N) is 3. The fraction of sp³-hybridized carbons (Fsp3) is 0.667. The van der Waals surface area contributed by atoms with Gasteiger partial charge in [0.15, 0.2) is 0 Å². The molecule has 0 saturated carbocycles. The zero-order chi connectivity index (χ0) is 18.9. The van der Waals surface area contributed by atoms with Gasteiger partial charge in [-0.1, -0.05) is 6.85 Å². The summed E-state index contributed by atoms with van der Waals surface area (Å²) in [6.07, 6.45) is -2.94. The topological polar surface area (TPSA) is 80.6 Å². The molecular weight excluding hydrogens is 196 g/mol. The van der Waals surface area contributed by atoms with Crippen molar-refractivity contribution in [3.63, 3.8) is 0 Å². The highest BCUT2D eigenvalue weighted by molar-refractivity contribution is 6.63. The standard InChI is InChI=1S/C3H5ClO.C3H6N4O/c1-2-3(4)5;1-2-7-3(8)4-5-6-7/h2H2,1H3;2H2,1H3,(H,4,6,8)/i2*1D3,2D2. The van der Waals surface area contributed by atoms with Gasteiger partial charge in [-0.25, -0.2) is 9.89 Å². The molecule has 6 nitrogen and oxygen atoms in total. The number of rotatable bonds is 2. The second-order valence-corrected chi connectivity index (χ2v) is 1.77. The predicted octanol–water partition coefficient (Wildman–Crippen LogP) is 0.148. The summed E-state index contributed by atoms with van der Waals surface area (Å²) >= 11 is 4.68. The predicted molar refractivity (Wildman–Crippen MR) is 47.5 cm³/mol. The number of hydrogen-bond acceptors (Lipinski definition) is 4. The first-order valence-electron chi connectivity index (χ1n) is 7.67. The van der Waals surface area contributed by atoms with E-state index in [1.54, 1.807) is 5.10 Å². The van der Waals surface area contributed by atoms with E-state index < -0.39 is 37.5 Å². The van der Waals surface area contributed by atoms with Gasteiger partial charge >= 0.3 is 5.69 Å². The van der Waals surface area contributed by atoms with Crippen LogP contribution in [0.1, 0.15) is 33.8 Å². The summed E-state index contributed by atoms with van der Waals surface area (Å²) in [4.78, 5) is 20.9. The van der Waals surface area contributed by atoms with E-state index in [1.807, 2.05) is 0 Å². The van der Waals surface area contributed by atoms with Gasteiger partial charge in [-0.05, 0) is 28.9 Å². The fourth-order valence-electron chi connectivity index (χ4n) is 0.271. The average Bonchev–Trinajstić information content (AvgIpc) is 2.73. The molecule has 0 aliphatic heterocycles. The number of halogens is 1. The van der Waals surface area contributed by atoms with E-state index in [1.165, 1.54) is 0 Å². The van der Waals surface area contributed by atoms with Crippen LogP contribution in [-0.2, 0) is 11.3 Å². The number of carbonyl (C=O) groups is 1. The highest BCUT2D eigenvalue weighted by Gasteiger charge is 1.90. The number of tetrazole rings is 1. The lowest BCUT2D eigenvalue weighted by atomic mass is 10.6. The minimum atomic E-state index is -2.98. The summed E-state index contributed by atoms with van der Waals surface area (Å²) in [5.74, 6) is 0. The van der Waals surface area contributed by atoms with Gasteiger partial charge in [0, 0.05) is 23.8 Å². The Morgan fingerprint density at radius 2 is 2.62 bits per heavy atom. The molecule has 0 spiro atoms. The third-order valence-electron chi connectivity index (χ3n) is 0.676. The van der Waals surface area contributed by atoms with Crippen LogP contribution < -0.4 is 5.69 Å². The number of carbonyl (C=O) groups excluding carboxylic acids is 1. The van der Waals surface area contributed by atoms with E-state index in [2.05, 4.69) is 22.0 Å². The molecule has 1 rings (SSSR count). The van der Waals surface area contributed by atoms with Crippen molar-refractivity contribution in [3.8, 4) is 0 Å². The SMILES string of the molecule is [2H]C([2H])([2H])C([2H])([2H])C(=O)Cl.[2H]C([2H])([2H])C([2H])([2H])n1nn[nH]c1=O. The Labute approximate surface area is 93.9 Å². The third kappa shape index (κ3) is 5.13. The number of aromatic nitrogens is 4. The van der Waals surface area contributed by atoms with Gasteiger partial charge in [-0.15, -0.1) is 0 Å². The number of H-pyrrole nitrogens is 1. The first-order valence-corrected chi connectivity index (χ1v) is 3.05. The van der Waals surface area contributed by atoms with Crippen LogP contribution in [0.4, 0.5) is 0 Å². The number of hydrogen-bond donors (Lipinski definition) is 1. The molecule has 74 valence electrons. The highest BCUT2D eigenvalue weighted by Crippen LogP contribution is 1.81. The van der Waals surface area contributed by atoms with E-state index in [0.29, 0.717) is 0 Å². The Morgan fingerprint density at radius 3 is 2.92 bits per heavy atom. The summed E-state index contributed by atoms with van der Waals surface area (Å²) in [6, 6.07) is 0. The van der Waals surface area contributed by atoms with E-state index in [4.69, 9.17) is 13.7 Å². The first-order chi connectivity index (χ1) is 9.96. The maximum atomic E-state index is 10.8. The van der Waals surface area contributed by atoms with Crippen molar-refractivity contribution in [3.05, 3.63) is 10.5 Å². The molecule has 0 bridgehead atoms. The van der Waals surface area contributed by atoms with Gasteiger partial charge < -0.3 is 0 Å². The summed E-state index contributed by atoms with van der Waals surface area (Å²) < 4.78 is 67.7. The molecule has 7 heteroatoms. The minimum Gasteiger partial charge on any atom is -0.281 e. The van der Waals surface area contributed by atoms with Gasteiger partial charge in [-0.2, -0.15) is 4.68 Å². The van der Waals surface area contributed by atoms with Crippen LogP contribution in [0.25, 0.3) is 0 Å². The molecule has 0 fully saturated rings. The van der Waals surface area contributed by atoms with Crippen LogP contribution in [0.2, 0.25) is 0 Å². The smallest absolute Gasteiger partial charge is 0.281 e. The van der Waals surface area contributed by atoms with E-state index >= 15 is 0 Å². The number of aryl methyl sites for hydroxylation is 1. The van der Waals surface area contributed by atoms with Gasteiger partial charge in [0.1, 0.15) is 0 Å². The molecule has 1 aromatic rings. The third-order valence-corrected chi connectivity index (χ3v) is 0.771. The molecule has 0 radical (unpaired) electrons. The molecule has 1 aromatic heterocycles. The molecule has 0 aliphatic rings. The molecule has 1 N–H and O–H groups in total. The molecule has 13 heavy (non-hydrogen) atoms. The van der Waals surface area contributed by atoms with Gasteiger partial charge in [0.05, 0.1) is 2.74 Å². The van der Waals surface area contributed by atoms with Gasteiger partial charge in [0.25, 0.3) is 0 Å². The Hall–Kier alpha value is -1.17. The zero-order valence-corrected chi connectivity index (χ0v) is 6.79. The van der Waals surface area contributed by atoms with Crippen molar-refractivity contribution < 1.29 is 18.5 Å². The average molecular weight is 217 g/mol. The lowest BCUT2D eigenvalue weighted by molar-refractivity contribution is -0.111. The van der Waals surface area contributed by atoms with Crippen molar-refractivity contribution in [1.29, 1.82) is 0 Å². The summed E-state index contributed by atoms with van der Waals surface area (Å²) in [6.45, 7) is -8.80. The van der Waals surface area contributed by atoms with Crippen molar-refractivity contribution in [2.24, 2.45) is 0 Å². The van der Waals surface area contributed by atoms with Crippen LogP contribution in [0.5, 0.6) is 0 Å². The molecule has 0 unspecified atom stereocenters. The summed E-state index contributed by atoms with van der Waals surface area (Å²) in [7, 11) is 0. The second kappa shape index (κ2) is 6.36. The molecule has 1 heterocycles. The van der Waals surface area contributed by atoms with Crippen LogP contribution in [0.15, 0.2) is 4.79 Å². The van der Waals surface area contributed by atoms with Crippen molar-refractivity contribution >= 4 is 16.8 Å². The first kappa shape index (κ1) is 3.20. The lowest BCUT2D eigenvalue weighted by Gasteiger charge is -1.82. The highest BCUT2D eigenvalue weighted by atomic mass is 35.5. The Bertz CT molecular complexity index is 601. The Balaban J connectivity index is 0.000000438. The number of aromatic amines is 1. The Morgan fingerprint density at radius 1 is 1.85 bits per heavy atom. The normalized spacial score (nSPS) is 24.4. The van der Waals surface area contributed by atoms with Crippen LogP contribution in [0.3, 0.4) is 0 Å². The molecule has 0 saturated heterocycles. The monoisotopic (exact) mass is 216 g/mol. The molecule has 0 amide bonds. The van der Waals surface area contributed by atoms with Crippen molar-refractivity contribution in [2.75, 3.05) is 0 Å². The van der Waals surface area contributed by atoms with Crippen LogP contribution in [-0.4, -0.2) is 25.4 Å². The van der Waals surface area contributed by atoms with Gasteiger partial charge in [-0.3, -0.25) is 4.79 Å². The molecule has 0 aromatic carbocycles. The minimum absolute atomic E-state index is 0.153. The number of nitrogens with one attached hydrogen (secondary N) is 1. The van der Waals surface area contributed by atoms with E-state index in [-0.39, 0.29) is 4.68 Å². The van der Waals surface area contributed by atoms with Crippen molar-refractivity contribution in [1.82, 2.24) is 20.2 Å². The van der Waals surface area contributed by atoms with E-state index in [9.17, 15) is 9.59 Å². The Kier molecular flexibility index (Phi) is 1.56. The van der Waals surface area contributed by atoms with Gasteiger partial charge in [0.2, 0.25) is 5.24 Å². The zero-order valence-electron chi connectivity index (χ0n) is 16.0. The quantitative estimate of drug-likeness (QED) is 0.714. The maximum Gasteiger partial charge on any atom is 0.361 e. The fourth-order valence-corrected chi connectivity index (χ4v) is 0.271. The van der Waals surface area contributed by atoms with Crippen LogP contribution >= 0.6 is 11.6 Å². The largest absolute Gasteiger partial charge is 0.361 e. The van der Waals surface area contributed by atoms with Crippen molar-refractivity contribution in [2.45, 2.75) is 26.6 Å².